The zero-order valence-corrected chi connectivity index (χ0v) is 7.57. The van der Waals surface area contributed by atoms with Crippen LogP contribution >= 0.6 is 0 Å². The van der Waals surface area contributed by atoms with Crippen LogP contribution in [0.25, 0.3) is 0 Å². The fraction of sp³-hybridized carbons (Fsp3) is 1.00. The van der Waals surface area contributed by atoms with Crippen LogP contribution in [0.1, 0.15) is 40.5 Å². The predicted octanol–water partition coefficient (Wildman–Crippen LogP) is 3.08. The normalized spacial score (nSPS) is 59.4. The molecule has 0 saturated heterocycles. The Kier molecular flexibility index (Phi) is 0.964. The summed E-state index contributed by atoms with van der Waals surface area (Å²) in [6.07, 6.45) is 2.90. The van der Waals surface area contributed by atoms with Crippen LogP contribution in [0.2, 0.25) is 0 Å². The molecule has 4 atom stereocenters. The lowest BCUT2D eigenvalue weighted by atomic mass is 9.91. The van der Waals surface area contributed by atoms with Gasteiger partial charge in [0.25, 0.3) is 0 Å². The van der Waals surface area contributed by atoms with Crippen molar-refractivity contribution in [2.75, 3.05) is 0 Å². The Morgan fingerprint density at radius 1 is 1.60 bits per heavy atom. The van der Waals surface area contributed by atoms with E-state index in [1.807, 2.05) is 0 Å². The summed E-state index contributed by atoms with van der Waals surface area (Å²) in [5.74, 6) is 2.02. The molecule has 2 aliphatic carbocycles. The average molecular weight is 138 g/mol. The fourth-order valence-electron chi connectivity index (χ4n) is 3.31. The summed E-state index contributed by atoms with van der Waals surface area (Å²) in [7, 11) is 0. The lowest BCUT2D eigenvalue weighted by molar-refractivity contribution is 0.355. The first-order valence-corrected chi connectivity index (χ1v) is 4.59. The third-order valence-corrected chi connectivity index (χ3v) is 4.73. The second-order valence-electron chi connectivity index (χ2n) is 4.67. The van der Waals surface area contributed by atoms with Crippen LogP contribution in [0.3, 0.4) is 0 Å². The van der Waals surface area contributed by atoms with E-state index in [2.05, 4.69) is 27.7 Å². The van der Waals surface area contributed by atoms with Crippen molar-refractivity contribution in [3.05, 3.63) is 0 Å². The van der Waals surface area contributed by atoms with Gasteiger partial charge in [-0.2, -0.15) is 0 Å². The maximum atomic E-state index is 2.46. The van der Waals surface area contributed by atoms with Crippen molar-refractivity contribution in [1.82, 2.24) is 0 Å². The third-order valence-electron chi connectivity index (χ3n) is 4.73. The first-order valence-electron chi connectivity index (χ1n) is 4.59. The SMILES string of the molecule is CCC(C)C12CC1(C)C2C. The summed E-state index contributed by atoms with van der Waals surface area (Å²) in [5.41, 5.74) is 1.62. The van der Waals surface area contributed by atoms with Gasteiger partial charge in [0, 0.05) is 0 Å². The van der Waals surface area contributed by atoms with E-state index in [0.717, 1.165) is 22.7 Å². The Balaban J connectivity index is 2.10. The minimum absolute atomic E-state index is 0.794. The molecule has 4 unspecified atom stereocenters. The summed E-state index contributed by atoms with van der Waals surface area (Å²) in [5, 5.41) is 0. The van der Waals surface area contributed by atoms with Crippen LogP contribution in [0.5, 0.6) is 0 Å². The molecule has 2 saturated carbocycles. The van der Waals surface area contributed by atoms with E-state index >= 15 is 0 Å². The van der Waals surface area contributed by atoms with Crippen LogP contribution in [0.15, 0.2) is 0 Å². The van der Waals surface area contributed by atoms with Crippen LogP contribution in [0.4, 0.5) is 0 Å². The number of hydrogen-bond donors (Lipinski definition) is 0. The molecule has 0 spiro atoms. The van der Waals surface area contributed by atoms with Gasteiger partial charge < -0.3 is 0 Å². The molecule has 2 rings (SSSR count). The smallest absolute Gasteiger partial charge is 0.0179 e. The highest BCUT2D eigenvalue weighted by atomic mass is 14.9. The summed E-state index contributed by atoms with van der Waals surface area (Å²) in [6, 6.07) is 0. The zero-order chi connectivity index (χ0) is 7.57. The Morgan fingerprint density at radius 3 is 2.20 bits per heavy atom. The van der Waals surface area contributed by atoms with Gasteiger partial charge in [0.05, 0.1) is 0 Å². The van der Waals surface area contributed by atoms with Crippen LogP contribution in [0, 0.1) is 22.7 Å². The maximum absolute atomic E-state index is 2.46. The van der Waals surface area contributed by atoms with Crippen molar-refractivity contribution in [3.63, 3.8) is 0 Å². The van der Waals surface area contributed by atoms with Crippen molar-refractivity contribution in [2.24, 2.45) is 22.7 Å². The van der Waals surface area contributed by atoms with E-state index in [0.29, 0.717) is 0 Å². The van der Waals surface area contributed by atoms with Gasteiger partial charge in [-0.25, -0.2) is 0 Å². The van der Waals surface area contributed by atoms with E-state index in [4.69, 9.17) is 0 Å². The highest BCUT2D eigenvalue weighted by molar-refractivity contribution is 5.34. The molecular weight excluding hydrogens is 120 g/mol. The zero-order valence-electron chi connectivity index (χ0n) is 7.57. The van der Waals surface area contributed by atoms with E-state index in [1.54, 1.807) is 0 Å². The van der Waals surface area contributed by atoms with Gasteiger partial charge in [-0.3, -0.25) is 0 Å². The summed E-state index contributed by atoms with van der Waals surface area (Å²) in [6.45, 7) is 9.64. The summed E-state index contributed by atoms with van der Waals surface area (Å²) >= 11 is 0. The van der Waals surface area contributed by atoms with Crippen molar-refractivity contribution in [3.8, 4) is 0 Å². The average Bonchev–Trinajstić information content (AvgIpc) is 2.70. The second-order valence-corrected chi connectivity index (χ2v) is 4.67. The van der Waals surface area contributed by atoms with Gasteiger partial charge in [0.15, 0.2) is 0 Å². The van der Waals surface area contributed by atoms with Crippen molar-refractivity contribution in [2.45, 2.75) is 40.5 Å². The minimum atomic E-state index is 0.794. The van der Waals surface area contributed by atoms with Gasteiger partial charge in [0.2, 0.25) is 0 Å². The summed E-state index contributed by atoms with van der Waals surface area (Å²) < 4.78 is 0. The number of fused-ring (bicyclic) bond motifs is 1. The quantitative estimate of drug-likeness (QED) is 0.550. The largest absolute Gasteiger partial charge is 0.0651 e. The molecule has 2 aliphatic rings. The molecule has 0 amide bonds. The number of hydrogen-bond acceptors (Lipinski definition) is 0. The molecule has 0 N–H and O–H groups in total. The number of rotatable bonds is 2. The van der Waals surface area contributed by atoms with Gasteiger partial charge in [-0.15, -0.1) is 0 Å². The molecule has 0 nitrogen and oxygen atoms in total. The second kappa shape index (κ2) is 1.44. The lowest BCUT2D eigenvalue weighted by Gasteiger charge is -2.14. The highest BCUT2D eigenvalue weighted by Gasteiger charge is 2.86. The van der Waals surface area contributed by atoms with Crippen LogP contribution in [-0.2, 0) is 0 Å². The Bertz CT molecular complexity index is 173. The highest BCUT2D eigenvalue weighted by Crippen LogP contribution is 2.92. The monoisotopic (exact) mass is 138 g/mol. The molecular formula is C10H18. The van der Waals surface area contributed by atoms with Crippen LogP contribution < -0.4 is 0 Å². The molecule has 58 valence electrons. The topological polar surface area (TPSA) is 0 Å². The van der Waals surface area contributed by atoms with Crippen molar-refractivity contribution in [1.29, 1.82) is 0 Å². The molecule has 0 aromatic heterocycles. The predicted molar refractivity (Wildman–Crippen MR) is 43.8 cm³/mol. The molecule has 0 radical (unpaired) electrons. The van der Waals surface area contributed by atoms with Gasteiger partial charge in [-0.05, 0) is 29.1 Å². The van der Waals surface area contributed by atoms with E-state index < -0.39 is 0 Å². The Hall–Kier alpha value is 0. The van der Waals surface area contributed by atoms with Crippen molar-refractivity contribution >= 4 is 0 Å². The first-order chi connectivity index (χ1) is 4.59. The van der Waals surface area contributed by atoms with E-state index in [-0.39, 0.29) is 0 Å². The molecule has 10 heavy (non-hydrogen) atoms. The van der Waals surface area contributed by atoms with E-state index in [1.165, 1.54) is 12.8 Å². The molecule has 0 heterocycles. The molecule has 0 aromatic carbocycles. The minimum Gasteiger partial charge on any atom is -0.0651 e. The molecule has 0 aromatic rings. The Labute approximate surface area is 64.0 Å². The fourth-order valence-corrected chi connectivity index (χ4v) is 3.31. The van der Waals surface area contributed by atoms with E-state index in [9.17, 15) is 0 Å². The molecule has 0 aliphatic heterocycles. The standard InChI is InChI=1S/C10H18/c1-5-7(2)10-6-9(10,4)8(10)3/h7-8H,5-6H2,1-4H3. The summed E-state index contributed by atoms with van der Waals surface area (Å²) in [4.78, 5) is 0. The molecule has 2 fully saturated rings. The maximum Gasteiger partial charge on any atom is -0.0179 e. The molecule has 0 heteroatoms. The van der Waals surface area contributed by atoms with Crippen molar-refractivity contribution < 1.29 is 0 Å². The Morgan fingerprint density at radius 2 is 2.10 bits per heavy atom. The van der Waals surface area contributed by atoms with Gasteiger partial charge in [0.1, 0.15) is 0 Å². The third kappa shape index (κ3) is 0.408. The lowest BCUT2D eigenvalue weighted by Crippen LogP contribution is -2.06. The molecule has 0 bridgehead atoms. The first kappa shape index (κ1) is 6.69. The van der Waals surface area contributed by atoms with Crippen LogP contribution in [-0.4, -0.2) is 0 Å². The van der Waals surface area contributed by atoms with Gasteiger partial charge >= 0.3 is 0 Å². The van der Waals surface area contributed by atoms with Gasteiger partial charge in [-0.1, -0.05) is 34.1 Å².